The Morgan fingerprint density at radius 2 is 1.95 bits per heavy atom. The Bertz CT molecular complexity index is 461. The number of piperidine rings is 1. The minimum atomic E-state index is -0.318. The number of carbonyl (C=O) groups excluding carboxylic acids is 1. The Morgan fingerprint density at radius 1 is 1.32 bits per heavy atom. The number of carbonyl (C=O) groups is 1. The van der Waals surface area contributed by atoms with Crippen molar-refractivity contribution in [1.82, 2.24) is 5.32 Å². The highest BCUT2D eigenvalue weighted by Crippen LogP contribution is 2.29. The molecule has 3 N–H and O–H groups in total. The van der Waals surface area contributed by atoms with Crippen molar-refractivity contribution in [1.29, 1.82) is 0 Å². The highest BCUT2D eigenvalue weighted by molar-refractivity contribution is 5.46. The summed E-state index contributed by atoms with van der Waals surface area (Å²) in [6.45, 7) is 10.4. The van der Waals surface area contributed by atoms with Gasteiger partial charge in [0.25, 0.3) is 6.47 Å². The van der Waals surface area contributed by atoms with E-state index in [0.717, 1.165) is 31.1 Å². The first-order valence-electron chi connectivity index (χ1n) is 8.08. The molecule has 0 radical (unpaired) electrons. The molecule has 4 nitrogen and oxygen atoms in total. The van der Waals surface area contributed by atoms with Crippen LogP contribution in [0.15, 0.2) is 18.2 Å². The van der Waals surface area contributed by atoms with Gasteiger partial charge in [-0.1, -0.05) is 13.0 Å². The predicted octanol–water partition coefficient (Wildman–Crippen LogP) is 3.26. The monoisotopic (exact) mass is 306 g/mol. The molecule has 1 aliphatic heterocycles. The minimum absolute atomic E-state index is 0.318. The number of rotatable bonds is 3. The topological polar surface area (TPSA) is 64.3 Å². The third-order valence-corrected chi connectivity index (χ3v) is 3.73. The number of aryl methyl sites for hydroxylation is 1. The number of nitrogen functional groups attached to an aromatic ring is 1. The van der Waals surface area contributed by atoms with E-state index >= 15 is 0 Å². The maximum Gasteiger partial charge on any atom is 0.293 e. The number of benzene rings is 1. The first-order valence-corrected chi connectivity index (χ1v) is 8.08. The number of nitrogens with two attached hydrogens (primary N) is 1. The van der Waals surface area contributed by atoms with Gasteiger partial charge in [-0.25, -0.2) is 0 Å². The van der Waals surface area contributed by atoms with Crippen LogP contribution in [0, 0.1) is 0 Å². The molecule has 0 aromatic heterocycles. The normalized spacial score (nSPS) is 15.6. The van der Waals surface area contributed by atoms with Gasteiger partial charge >= 0.3 is 0 Å². The Labute approximate surface area is 134 Å². The third kappa shape index (κ3) is 6.48. The van der Waals surface area contributed by atoms with Crippen LogP contribution < -0.4 is 11.1 Å². The average molecular weight is 306 g/mol. The highest BCUT2D eigenvalue weighted by Gasteiger charge is 2.17. The molecule has 1 aromatic carbocycles. The van der Waals surface area contributed by atoms with Crippen molar-refractivity contribution in [3.05, 3.63) is 29.3 Å². The van der Waals surface area contributed by atoms with Gasteiger partial charge < -0.3 is 15.8 Å². The fourth-order valence-corrected chi connectivity index (χ4v) is 2.61. The molecule has 0 spiro atoms. The van der Waals surface area contributed by atoms with Crippen molar-refractivity contribution in [2.24, 2.45) is 0 Å². The van der Waals surface area contributed by atoms with Gasteiger partial charge in [-0.05, 0) is 82.3 Å². The van der Waals surface area contributed by atoms with Gasteiger partial charge in [0.15, 0.2) is 0 Å². The largest absolute Gasteiger partial charge is 0.462 e. The van der Waals surface area contributed by atoms with Crippen molar-refractivity contribution < 1.29 is 9.53 Å². The predicted molar refractivity (Wildman–Crippen MR) is 92.0 cm³/mol. The summed E-state index contributed by atoms with van der Waals surface area (Å²) in [5.41, 5.74) is 9.35. The van der Waals surface area contributed by atoms with Crippen LogP contribution in [-0.4, -0.2) is 25.2 Å². The van der Waals surface area contributed by atoms with E-state index in [1.165, 1.54) is 24.0 Å². The quantitative estimate of drug-likeness (QED) is 0.664. The van der Waals surface area contributed by atoms with Crippen LogP contribution in [0.1, 0.15) is 57.6 Å². The van der Waals surface area contributed by atoms with Crippen LogP contribution in [0.25, 0.3) is 0 Å². The van der Waals surface area contributed by atoms with Crippen molar-refractivity contribution in [3.63, 3.8) is 0 Å². The lowest BCUT2D eigenvalue weighted by Crippen LogP contribution is -2.27. The third-order valence-electron chi connectivity index (χ3n) is 3.73. The second-order valence-corrected chi connectivity index (χ2v) is 6.66. The lowest BCUT2D eigenvalue weighted by Gasteiger charge is -2.25. The zero-order valence-electron chi connectivity index (χ0n) is 14.3. The summed E-state index contributed by atoms with van der Waals surface area (Å²) in [5, 5.41) is 3.41. The van der Waals surface area contributed by atoms with Crippen LogP contribution in [0.4, 0.5) is 5.69 Å². The molecule has 1 heterocycles. The van der Waals surface area contributed by atoms with Crippen molar-refractivity contribution in [3.8, 4) is 0 Å². The molecule has 124 valence electrons. The first-order chi connectivity index (χ1) is 10.4. The van der Waals surface area contributed by atoms with E-state index < -0.39 is 0 Å². The summed E-state index contributed by atoms with van der Waals surface area (Å²) in [5.74, 6) is 0.738. The maximum atomic E-state index is 9.60. The van der Waals surface area contributed by atoms with Crippen molar-refractivity contribution in [2.45, 2.75) is 58.5 Å². The van der Waals surface area contributed by atoms with Gasteiger partial charge in [-0.15, -0.1) is 0 Å². The molecule has 0 amide bonds. The van der Waals surface area contributed by atoms with Gasteiger partial charge in [-0.3, -0.25) is 4.79 Å². The van der Waals surface area contributed by atoms with Gasteiger partial charge in [0.2, 0.25) is 0 Å². The van der Waals surface area contributed by atoms with E-state index in [2.05, 4.69) is 29.1 Å². The van der Waals surface area contributed by atoms with Crippen LogP contribution in [0.3, 0.4) is 0 Å². The summed E-state index contributed by atoms with van der Waals surface area (Å²) in [4.78, 5) is 9.60. The lowest BCUT2D eigenvalue weighted by atomic mass is 9.86. The Kier molecular flexibility index (Phi) is 7.39. The summed E-state index contributed by atoms with van der Waals surface area (Å²) < 4.78 is 4.55. The molecule has 1 aromatic rings. The summed E-state index contributed by atoms with van der Waals surface area (Å²) >= 11 is 0. The number of hydrogen-bond acceptors (Lipinski definition) is 4. The van der Waals surface area contributed by atoms with Gasteiger partial charge in [0.05, 0.1) is 0 Å². The molecule has 0 atom stereocenters. The van der Waals surface area contributed by atoms with E-state index in [0.29, 0.717) is 6.47 Å². The van der Waals surface area contributed by atoms with Crippen molar-refractivity contribution in [2.75, 3.05) is 18.8 Å². The molecule has 0 aliphatic carbocycles. The molecule has 1 aliphatic rings. The maximum absolute atomic E-state index is 9.60. The van der Waals surface area contributed by atoms with Crippen LogP contribution in [0.2, 0.25) is 0 Å². The number of anilines is 1. The molecular weight excluding hydrogens is 276 g/mol. The zero-order valence-corrected chi connectivity index (χ0v) is 14.3. The molecule has 0 saturated carbocycles. The highest BCUT2D eigenvalue weighted by atomic mass is 16.5. The summed E-state index contributed by atoms with van der Waals surface area (Å²) in [6, 6.07) is 6.40. The van der Waals surface area contributed by atoms with E-state index in [-0.39, 0.29) is 5.60 Å². The number of ether oxygens (including phenoxy) is 1. The molecule has 1 saturated heterocycles. The standard InChI is InChI=1S/C13H20N2.C5H10O2/c1-2-10-9-12(14)3-4-13(10)11-5-7-15-8-6-11;1-5(2,3)7-4-6/h3-4,9,11,15H,2,5-8,14H2,1H3;4H,1-3H3. The molecule has 0 unspecified atom stereocenters. The summed E-state index contributed by atoms with van der Waals surface area (Å²) in [7, 11) is 0. The average Bonchev–Trinajstić information content (AvgIpc) is 2.47. The fraction of sp³-hybridized carbons (Fsp3) is 0.611. The van der Waals surface area contributed by atoms with Gasteiger partial charge in [-0.2, -0.15) is 0 Å². The Hall–Kier alpha value is -1.55. The Balaban J connectivity index is 0.000000295. The van der Waals surface area contributed by atoms with E-state index in [4.69, 9.17) is 5.73 Å². The second kappa shape index (κ2) is 8.79. The number of nitrogens with one attached hydrogen (secondary N) is 1. The van der Waals surface area contributed by atoms with Crippen molar-refractivity contribution >= 4 is 12.2 Å². The van der Waals surface area contributed by atoms with E-state index in [1.807, 2.05) is 26.8 Å². The molecule has 1 fully saturated rings. The first kappa shape index (κ1) is 18.5. The van der Waals surface area contributed by atoms with E-state index in [1.54, 1.807) is 0 Å². The van der Waals surface area contributed by atoms with Crippen LogP contribution in [-0.2, 0) is 16.0 Å². The van der Waals surface area contributed by atoms with Crippen LogP contribution in [0.5, 0.6) is 0 Å². The van der Waals surface area contributed by atoms with Crippen LogP contribution >= 0.6 is 0 Å². The molecule has 22 heavy (non-hydrogen) atoms. The second-order valence-electron chi connectivity index (χ2n) is 6.66. The fourth-order valence-electron chi connectivity index (χ4n) is 2.61. The summed E-state index contributed by atoms with van der Waals surface area (Å²) in [6.07, 6.45) is 3.61. The smallest absolute Gasteiger partial charge is 0.293 e. The Morgan fingerprint density at radius 3 is 2.41 bits per heavy atom. The SMILES string of the molecule is CC(C)(C)OC=O.CCc1cc(N)ccc1C1CCNCC1. The lowest BCUT2D eigenvalue weighted by molar-refractivity contribution is -0.138. The molecule has 2 rings (SSSR count). The van der Waals surface area contributed by atoms with E-state index in [9.17, 15) is 4.79 Å². The molecule has 4 heteroatoms. The molecule has 0 bridgehead atoms. The van der Waals surface area contributed by atoms with Gasteiger partial charge in [0, 0.05) is 5.69 Å². The number of hydrogen-bond donors (Lipinski definition) is 2. The zero-order chi connectivity index (χ0) is 16.6. The minimum Gasteiger partial charge on any atom is -0.462 e. The molecular formula is C18H30N2O2. The van der Waals surface area contributed by atoms with Gasteiger partial charge in [0.1, 0.15) is 5.60 Å².